The van der Waals surface area contributed by atoms with Crippen LogP contribution in [-0.4, -0.2) is 63.7 Å². The highest BCUT2D eigenvalue weighted by Gasteiger charge is 2.45. The summed E-state index contributed by atoms with van der Waals surface area (Å²) in [5.74, 6) is -0.562. The molecule has 128 valence electrons. The molecule has 1 aliphatic heterocycles. The molecule has 1 fully saturated rings. The van der Waals surface area contributed by atoms with Crippen LogP contribution in [0.4, 0.5) is 0 Å². The maximum atomic E-state index is 12.9. The zero-order valence-corrected chi connectivity index (χ0v) is 14.5. The molecular formula is C15H22N2O5S. The first kappa shape index (κ1) is 17.9. The summed E-state index contributed by atoms with van der Waals surface area (Å²) in [5.41, 5.74) is 0.965. The van der Waals surface area contributed by atoms with Crippen molar-refractivity contribution in [3.63, 3.8) is 0 Å². The van der Waals surface area contributed by atoms with E-state index in [9.17, 15) is 13.2 Å². The van der Waals surface area contributed by atoms with E-state index in [1.54, 1.807) is 36.4 Å². The molecule has 0 aliphatic carbocycles. The molecule has 0 amide bonds. The first-order chi connectivity index (χ1) is 10.8. The van der Waals surface area contributed by atoms with Gasteiger partial charge >= 0.3 is 5.97 Å². The topological polar surface area (TPSA) is 76.2 Å². The average molecular weight is 342 g/mol. The van der Waals surface area contributed by atoms with Gasteiger partial charge in [0, 0.05) is 13.6 Å². The number of methoxy groups -OCH3 is 1. The number of rotatable bonds is 5. The molecule has 1 aromatic carbocycles. The van der Waals surface area contributed by atoms with E-state index in [-0.39, 0.29) is 17.5 Å². The lowest BCUT2D eigenvalue weighted by molar-refractivity contribution is -0.146. The number of hydrogen-bond acceptors (Lipinski definition) is 6. The monoisotopic (exact) mass is 342 g/mol. The van der Waals surface area contributed by atoms with Crippen molar-refractivity contribution in [3.05, 3.63) is 29.8 Å². The zero-order valence-electron chi connectivity index (χ0n) is 13.7. The lowest BCUT2D eigenvalue weighted by atomic mass is 10.2. The lowest BCUT2D eigenvalue weighted by Crippen LogP contribution is -2.41. The van der Waals surface area contributed by atoms with E-state index < -0.39 is 22.0 Å². The third-order valence-electron chi connectivity index (χ3n) is 4.14. The van der Waals surface area contributed by atoms with E-state index in [4.69, 9.17) is 9.57 Å². The summed E-state index contributed by atoms with van der Waals surface area (Å²) in [4.78, 5) is 17.3. The summed E-state index contributed by atoms with van der Waals surface area (Å²) >= 11 is 0. The number of hydroxylamine groups is 2. The van der Waals surface area contributed by atoms with Crippen LogP contribution in [0.15, 0.2) is 29.2 Å². The van der Waals surface area contributed by atoms with Gasteiger partial charge in [0.25, 0.3) is 0 Å². The molecule has 1 aliphatic rings. The molecule has 2 atom stereocenters. The Balaban J connectivity index is 2.36. The average Bonchev–Trinajstić information content (AvgIpc) is 3.00. The Morgan fingerprint density at radius 2 is 1.87 bits per heavy atom. The van der Waals surface area contributed by atoms with E-state index in [1.165, 1.54) is 18.5 Å². The highest BCUT2D eigenvalue weighted by molar-refractivity contribution is 7.89. The minimum atomic E-state index is -3.78. The van der Waals surface area contributed by atoms with Crippen molar-refractivity contribution in [2.75, 3.05) is 27.8 Å². The lowest BCUT2D eigenvalue weighted by Gasteiger charge is -2.23. The summed E-state index contributed by atoms with van der Waals surface area (Å²) in [5, 5.41) is 1.56. The van der Waals surface area contributed by atoms with E-state index in [2.05, 4.69) is 0 Å². The molecule has 0 N–H and O–H groups in total. The molecule has 1 heterocycles. The van der Waals surface area contributed by atoms with Gasteiger partial charge in [-0.05, 0) is 25.5 Å². The predicted molar refractivity (Wildman–Crippen MR) is 84.1 cm³/mol. The van der Waals surface area contributed by atoms with Crippen LogP contribution in [0.3, 0.4) is 0 Å². The van der Waals surface area contributed by atoms with Crippen LogP contribution in [0.25, 0.3) is 0 Å². The number of hydrogen-bond donors (Lipinski definition) is 0. The van der Waals surface area contributed by atoms with Crippen LogP contribution in [-0.2, 0) is 24.4 Å². The van der Waals surface area contributed by atoms with Gasteiger partial charge in [0.15, 0.2) is 0 Å². The third kappa shape index (κ3) is 3.55. The molecular weight excluding hydrogens is 320 g/mol. The van der Waals surface area contributed by atoms with Gasteiger partial charge < -0.3 is 9.57 Å². The number of carbonyl (C=O) groups excluding carboxylic acids is 1. The molecule has 0 bridgehead atoms. The van der Waals surface area contributed by atoms with Gasteiger partial charge in [0.2, 0.25) is 10.0 Å². The molecule has 0 saturated carbocycles. The van der Waals surface area contributed by atoms with E-state index in [0.29, 0.717) is 6.42 Å². The summed E-state index contributed by atoms with van der Waals surface area (Å²) in [6.45, 7) is 2.05. The van der Waals surface area contributed by atoms with Crippen LogP contribution in [0.5, 0.6) is 0 Å². The molecule has 2 rings (SSSR count). The van der Waals surface area contributed by atoms with Crippen LogP contribution >= 0.6 is 0 Å². The van der Waals surface area contributed by atoms with Gasteiger partial charge in [-0.2, -0.15) is 9.37 Å². The molecule has 1 saturated heterocycles. The molecule has 0 spiro atoms. The third-order valence-corrected chi connectivity index (χ3v) is 6.03. The summed E-state index contributed by atoms with van der Waals surface area (Å²) in [6.07, 6.45) is 0.322. The number of likely N-dealkylation sites (N-methyl/N-ethyl adjacent to an activating group) is 1. The van der Waals surface area contributed by atoms with Crippen molar-refractivity contribution in [2.45, 2.75) is 30.3 Å². The number of nitrogens with zero attached hydrogens (tertiary/aromatic N) is 2. The van der Waals surface area contributed by atoms with Gasteiger partial charge in [-0.25, -0.2) is 8.42 Å². The van der Waals surface area contributed by atoms with Crippen LogP contribution in [0.1, 0.15) is 12.0 Å². The van der Waals surface area contributed by atoms with Crippen molar-refractivity contribution in [1.29, 1.82) is 0 Å². The van der Waals surface area contributed by atoms with Crippen LogP contribution < -0.4 is 0 Å². The Morgan fingerprint density at radius 1 is 1.26 bits per heavy atom. The Labute approximate surface area is 136 Å². The first-order valence-electron chi connectivity index (χ1n) is 7.24. The molecule has 0 unspecified atom stereocenters. The maximum Gasteiger partial charge on any atom is 0.324 e. The van der Waals surface area contributed by atoms with Gasteiger partial charge in [0.1, 0.15) is 6.04 Å². The molecule has 0 aromatic heterocycles. The van der Waals surface area contributed by atoms with E-state index in [1.807, 2.05) is 6.92 Å². The first-order valence-corrected chi connectivity index (χ1v) is 8.68. The number of aryl methyl sites for hydroxylation is 1. The number of esters is 1. The predicted octanol–water partition coefficient (Wildman–Crippen LogP) is 0.793. The fourth-order valence-corrected chi connectivity index (χ4v) is 4.28. The van der Waals surface area contributed by atoms with E-state index in [0.717, 1.165) is 5.56 Å². The Morgan fingerprint density at radius 3 is 2.39 bits per heavy atom. The van der Waals surface area contributed by atoms with Crippen molar-refractivity contribution in [2.24, 2.45) is 0 Å². The van der Waals surface area contributed by atoms with Crippen molar-refractivity contribution in [1.82, 2.24) is 9.37 Å². The largest absolute Gasteiger partial charge is 0.468 e. The Bertz CT molecular complexity index is 659. The second-order valence-corrected chi connectivity index (χ2v) is 7.44. The normalized spacial score (nSPS) is 22.5. The zero-order chi connectivity index (χ0) is 17.2. The fourth-order valence-electron chi connectivity index (χ4n) is 2.66. The molecule has 0 radical (unpaired) electrons. The number of ether oxygens (including phenoxy) is 1. The Hall–Kier alpha value is -1.48. The molecule has 23 heavy (non-hydrogen) atoms. The van der Waals surface area contributed by atoms with Crippen molar-refractivity contribution in [3.8, 4) is 0 Å². The highest BCUT2D eigenvalue weighted by Crippen LogP contribution is 2.29. The van der Waals surface area contributed by atoms with Gasteiger partial charge in [-0.15, -0.1) is 0 Å². The number of sulfonamides is 1. The molecule has 7 nitrogen and oxygen atoms in total. The summed E-state index contributed by atoms with van der Waals surface area (Å²) in [7, 11) is 0.686. The van der Waals surface area contributed by atoms with Crippen molar-refractivity contribution < 1.29 is 22.8 Å². The molecule has 8 heteroatoms. The Kier molecular flexibility index (Phi) is 5.41. The summed E-state index contributed by atoms with van der Waals surface area (Å²) < 4.78 is 31.8. The van der Waals surface area contributed by atoms with Gasteiger partial charge in [-0.1, -0.05) is 17.7 Å². The standard InChI is InChI=1S/C15H22N2O5S/c1-11-5-7-13(8-6-11)23(19,20)17-10-12(16(2)22-4)9-14(17)15(18)21-3/h5-8,12,14H,9-10H2,1-4H3/t12-,14-/m0/s1. The maximum absolute atomic E-state index is 12.9. The number of benzene rings is 1. The van der Waals surface area contributed by atoms with Crippen LogP contribution in [0.2, 0.25) is 0 Å². The SMILES string of the molecule is COC(=O)[C@@H]1C[C@H](N(C)OC)CN1S(=O)(=O)c1ccc(C)cc1. The van der Waals surface area contributed by atoms with Crippen molar-refractivity contribution >= 4 is 16.0 Å². The minimum Gasteiger partial charge on any atom is -0.468 e. The van der Waals surface area contributed by atoms with Gasteiger partial charge in [-0.3, -0.25) is 4.79 Å². The second kappa shape index (κ2) is 6.96. The summed E-state index contributed by atoms with van der Waals surface area (Å²) in [6, 6.07) is 5.49. The quantitative estimate of drug-likeness (QED) is 0.582. The fraction of sp³-hybridized carbons (Fsp3) is 0.533. The molecule has 1 aromatic rings. The van der Waals surface area contributed by atoms with Crippen LogP contribution in [0, 0.1) is 6.92 Å². The minimum absolute atomic E-state index is 0.165. The smallest absolute Gasteiger partial charge is 0.324 e. The van der Waals surface area contributed by atoms with E-state index >= 15 is 0 Å². The highest BCUT2D eigenvalue weighted by atomic mass is 32.2. The second-order valence-electron chi connectivity index (χ2n) is 5.55. The van der Waals surface area contributed by atoms with Gasteiger partial charge in [0.05, 0.1) is 25.2 Å². The number of carbonyl (C=O) groups is 1.